The Bertz CT molecular complexity index is 392. The second-order valence-electron chi connectivity index (χ2n) is 2.89. The molecule has 1 aromatic rings. The highest BCUT2D eigenvalue weighted by Gasteiger charge is 2.09. The van der Waals surface area contributed by atoms with Crippen LogP contribution < -0.4 is 0 Å². The molecule has 0 saturated carbocycles. The lowest BCUT2D eigenvalue weighted by atomic mass is 10.1. The van der Waals surface area contributed by atoms with Gasteiger partial charge in [-0.2, -0.15) is 0 Å². The molecule has 0 bridgehead atoms. The highest BCUT2D eigenvalue weighted by Crippen LogP contribution is 2.14. The number of carbonyl (C=O) groups is 2. The number of carboxylic acid groups (broad SMARTS) is 2. The van der Waals surface area contributed by atoms with E-state index in [2.05, 4.69) is 0 Å². The Kier molecular flexibility index (Phi) is 3.62. The minimum absolute atomic E-state index is 0.0120. The quantitative estimate of drug-likeness (QED) is 0.734. The van der Waals surface area contributed by atoms with Crippen molar-refractivity contribution >= 4 is 17.5 Å². The lowest BCUT2D eigenvalue weighted by molar-refractivity contribution is -0.136. The summed E-state index contributed by atoms with van der Waals surface area (Å²) in [5, 5.41) is 17.3. The number of hydrogen-bond donors (Lipinski definition) is 2. The van der Waals surface area contributed by atoms with Gasteiger partial charge in [0.05, 0.1) is 12.0 Å². The van der Waals surface area contributed by atoms with Crippen molar-refractivity contribution in [1.29, 1.82) is 0 Å². The Hall–Kier alpha value is -2.10. The van der Waals surface area contributed by atoms with Gasteiger partial charge in [-0.25, -0.2) is 4.79 Å². The van der Waals surface area contributed by atoms with Gasteiger partial charge in [0.25, 0.3) is 0 Å². The van der Waals surface area contributed by atoms with E-state index in [1.54, 1.807) is 30.3 Å². The van der Waals surface area contributed by atoms with Crippen molar-refractivity contribution in [3.63, 3.8) is 0 Å². The summed E-state index contributed by atoms with van der Waals surface area (Å²) in [6, 6.07) is 8.42. The zero-order valence-corrected chi connectivity index (χ0v) is 7.88. The molecule has 0 spiro atoms. The molecule has 0 radical (unpaired) electrons. The molecule has 0 aliphatic rings. The smallest absolute Gasteiger partial charge is 0.335 e. The largest absolute Gasteiger partial charge is 0.481 e. The van der Waals surface area contributed by atoms with Crippen LogP contribution in [-0.4, -0.2) is 22.2 Å². The molecule has 4 nitrogen and oxygen atoms in total. The van der Waals surface area contributed by atoms with Crippen LogP contribution in [0.2, 0.25) is 0 Å². The topological polar surface area (TPSA) is 74.6 Å². The maximum absolute atomic E-state index is 10.9. The summed E-state index contributed by atoms with van der Waals surface area (Å²) < 4.78 is 0. The molecule has 0 heterocycles. The molecular formula is C11H10O4. The predicted octanol–water partition coefficient (Wildman–Crippen LogP) is 1.63. The van der Waals surface area contributed by atoms with Crippen LogP contribution in [0.15, 0.2) is 36.4 Å². The molecule has 1 aromatic carbocycles. The molecule has 0 aromatic heterocycles. The summed E-state index contributed by atoms with van der Waals surface area (Å²) in [6.45, 7) is 0. The first-order chi connectivity index (χ1) is 7.11. The van der Waals surface area contributed by atoms with Gasteiger partial charge >= 0.3 is 11.9 Å². The SMILES string of the molecule is O=C(O)C/C=C(/C(=O)O)c1ccccc1. The normalized spacial score (nSPS) is 11.1. The molecule has 0 aliphatic heterocycles. The van der Waals surface area contributed by atoms with Crippen molar-refractivity contribution in [3.8, 4) is 0 Å². The fourth-order valence-electron chi connectivity index (χ4n) is 1.14. The van der Waals surface area contributed by atoms with E-state index in [4.69, 9.17) is 10.2 Å². The van der Waals surface area contributed by atoms with E-state index in [1.807, 2.05) is 0 Å². The molecule has 2 N–H and O–H groups in total. The van der Waals surface area contributed by atoms with Crippen molar-refractivity contribution < 1.29 is 19.8 Å². The Morgan fingerprint density at radius 1 is 1.13 bits per heavy atom. The minimum atomic E-state index is -1.12. The van der Waals surface area contributed by atoms with Crippen LogP contribution in [0.5, 0.6) is 0 Å². The van der Waals surface area contributed by atoms with Crippen LogP contribution in [0, 0.1) is 0 Å². The summed E-state index contributed by atoms with van der Waals surface area (Å²) in [4.78, 5) is 21.2. The molecule has 0 unspecified atom stereocenters. The van der Waals surface area contributed by atoms with Crippen LogP contribution in [0.3, 0.4) is 0 Å². The van der Waals surface area contributed by atoms with E-state index in [9.17, 15) is 9.59 Å². The van der Waals surface area contributed by atoms with Gasteiger partial charge in [0.15, 0.2) is 0 Å². The first kappa shape index (κ1) is 11.0. The standard InChI is InChI=1S/C11H10O4/c12-10(13)7-6-9(11(14)15)8-4-2-1-3-5-8/h1-6H,7H2,(H,12,13)(H,14,15)/b9-6+. The monoisotopic (exact) mass is 206 g/mol. The van der Waals surface area contributed by atoms with Gasteiger partial charge in [-0.05, 0) is 5.56 Å². The van der Waals surface area contributed by atoms with Gasteiger partial charge < -0.3 is 10.2 Å². The Balaban J connectivity index is 2.99. The summed E-state index contributed by atoms with van der Waals surface area (Å²) in [7, 11) is 0. The lowest BCUT2D eigenvalue weighted by Crippen LogP contribution is -2.01. The molecule has 15 heavy (non-hydrogen) atoms. The van der Waals surface area contributed by atoms with E-state index in [0.717, 1.165) is 0 Å². The molecule has 78 valence electrons. The molecule has 0 amide bonds. The first-order valence-electron chi connectivity index (χ1n) is 4.32. The molecule has 0 fully saturated rings. The van der Waals surface area contributed by atoms with Gasteiger partial charge in [-0.15, -0.1) is 0 Å². The van der Waals surface area contributed by atoms with Gasteiger partial charge in [0.2, 0.25) is 0 Å². The van der Waals surface area contributed by atoms with Crippen LogP contribution in [0.4, 0.5) is 0 Å². The van der Waals surface area contributed by atoms with Crippen LogP contribution in [0.1, 0.15) is 12.0 Å². The van der Waals surface area contributed by atoms with E-state index in [1.165, 1.54) is 6.08 Å². The fourth-order valence-corrected chi connectivity index (χ4v) is 1.14. The average molecular weight is 206 g/mol. The highest BCUT2D eigenvalue weighted by molar-refractivity contribution is 6.15. The third-order valence-corrected chi connectivity index (χ3v) is 1.80. The fraction of sp³-hybridized carbons (Fsp3) is 0.0909. The van der Waals surface area contributed by atoms with Gasteiger partial charge in [0.1, 0.15) is 0 Å². The number of benzene rings is 1. The predicted molar refractivity (Wildman–Crippen MR) is 54.3 cm³/mol. The van der Waals surface area contributed by atoms with E-state index in [-0.39, 0.29) is 12.0 Å². The van der Waals surface area contributed by atoms with Crippen molar-refractivity contribution in [2.75, 3.05) is 0 Å². The van der Waals surface area contributed by atoms with E-state index in [0.29, 0.717) is 5.56 Å². The van der Waals surface area contributed by atoms with Crippen molar-refractivity contribution in [1.82, 2.24) is 0 Å². The Morgan fingerprint density at radius 3 is 2.20 bits per heavy atom. The maximum Gasteiger partial charge on any atom is 0.335 e. The zero-order chi connectivity index (χ0) is 11.3. The average Bonchev–Trinajstić information content (AvgIpc) is 2.18. The molecular weight excluding hydrogens is 196 g/mol. The number of carboxylic acids is 2. The molecule has 1 rings (SSSR count). The Morgan fingerprint density at radius 2 is 1.73 bits per heavy atom. The van der Waals surface area contributed by atoms with Crippen molar-refractivity contribution in [3.05, 3.63) is 42.0 Å². The summed E-state index contributed by atoms with van der Waals surface area (Å²) >= 11 is 0. The summed E-state index contributed by atoms with van der Waals surface area (Å²) in [5.74, 6) is -2.17. The number of hydrogen-bond acceptors (Lipinski definition) is 2. The first-order valence-corrected chi connectivity index (χ1v) is 4.32. The van der Waals surface area contributed by atoms with E-state index >= 15 is 0 Å². The van der Waals surface area contributed by atoms with E-state index < -0.39 is 11.9 Å². The number of rotatable bonds is 4. The van der Waals surface area contributed by atoms with Crippen LogP contribution >= 0.6 is 0 Å². The second kappa shape index (κ2) is 4.95. The van der Waals surface area contributed by atoms with Crippen molar-refractivity contribution in [2.24, 2.45) is 0 Å². The van der Waals surface area contributed by atoms with Crippen molar-refractivity contribution in [2.45, 2.75) is 6.42 Å². The third kappa shape index (κ3) is 3.27. The van der Waals surface area contributed by atoms with Gasteiger partial charge in [-0.1, -0.05) is 36.4 Å². The maximum atomic E-state index is 10.9. The van der Waals surface area contributed by atoms with Gasteiger partial charge in [-0.3, -0.25) is 4.79 Å². The Labute approximate surface area is 86.5 Å². The highest BCUT2D eigenvalue weighted by atomic mass is 16.4. The van der Waals surface area contributed by atoms with Gasteiger partial charge in [0, 0.05) is 0 Å². The molecule has 4 heteroatoms. The third-order valence-electron chi connectivity index (χ3n) is 1.80. The molecule has 0 aliphatic carbocycles. The zero-order valence-electron chi connectivity index (χ0n) is 7.88. The second-order valence-corrected chi connectivity index (χ2v) is 2.89. The van der Waals surface area contributed by atoms with Crippen LogP contribution in [-0.2, 0) is 9.59 Å². The lowest BCUT2D eigenvalue weighted by Gasteiger charge is -2.01. The summed E-state index contributed by atoms with van der Waals surface area (Å²) in [5.41, 5.74) is 0.518. The number of aliphatic carboxylic acids is 2. The summed E-state index contributed by atoms with van der Waals surface area (Å²) in [6.07, 6.45) is 0.899. The van der Waals surface area contributed by atoms with Crippen LogP contribution in [0.25, 0.3) is 5.57 Å². The molecule has 0 atom stereocenters. The minimum Gasteiger partial charge on any atom is -0.481 e. The molecule has 0 saturated heterocycles.